The molecule has 0 saturated carbocycles. The van der Waals surface area contributed by atoms with E-state index in [-0.39, 0.29) is 16.4 Å². The quantitative estimate of drug-likeness (QED) is 0.455. The van der Waals surface area contributed by atoms with Crippen LogP contribution in [0.25, 0.3) is 0 Å². The van der Waals surface area contributed by atoms with Crippen molar-refractivity contribution in [2.75, 3.05) is 11.9 Å². The lowest BCUT2D eigenvalue weighted by Gasteiger charge is -2.12. The summed E-state index contributed by atoms with van der Waals surface area (Å²) in [5.74, 6) is 0.659. The maximum absolute atomic E-state index is 12.1. The van der Waals surface area contributed by atoms with Crippen LogP contribution in [0.1, 0.15) is 24.2 Å². The number of carbonyl (C=O) groups is 1. The highest BCUT2D eigenvalue weighted by atomic mass is 32.1. The van der Waals surface area contributed by atoms with E-state index in [1.807, 2.05) is 12.1 Å². The van der Waals surface area contributed by atoms with Gasteiger partial charge in [0, 0.05) is 29.4 Å². The van der Waals surface area contributed by atoms with Crippen LogP contribution in [0, 0.1) is 16.0 Å². The molecule has 0 aromatic heterocycles. The Morgan fingerprint density at radius 3 is 2.54 bits per heavy atom. The van der Waals surface area contributed by atoms with E-state index in [1.165, 1.54) is 24.3 Å². The van der Waals surface area contributed by atoms with Gasteiger partial charge in [-0.2, -0.15) is 0 Å². The van der Waals surface area contributed by atoms with Gasteiger partial charge in [0.15, 0.2) is 5.11 Å². The van der Waals surface area contributed by atoms with Crippen LogP contribution in [0.4, 0.5) is 11.4 Å². The van der Waals surface area contributed by atoms with Crippen LogP contribution in [0.3, 0.4) is 0 Å². The first-order valence-corrected chi connectivity index (χ1v) is 8.35. The summed E-state index contributed by atoms with van der Waals surface area (Å²) in [7, 11) is 0. The lowest BCUT2D eigenvalue weighted by atomic mass is 10.2. The maximum Gasteiger partial charge on any atom is 0.269 e. The molecule has 0 unspecified atom stereocenters. The van der Waals surface area contributed by atoms with Crippen LogP contribution < -0.4 is 15.4 Å². The number of anilines is 1. The topological polar surface area (TPSA) is 93.5 Å². The standard InChI is InChI=1S/C18H19N3O4S/c1-12(2)11-25-16-5-3-4-14(10-16)19-18(26)20-17(22)13-6-8-15(9-7-13)21(23)24/h3-10,12H,11H2,1-2H3,(H2,19,20,22,26). The number of nitrogens with one attached hydrogen (secondary N) is 2. The number of ether oxygens (including phenoxy) is 1. The molecule has 0 spiro atoms. The molecule has 136 valence electrons. The third-order valence-corrected chi connectivity index (χ3v) is 3.45. The van der Waals surface area contributed by atoms with E-state index < -0.39 is 10.8 Å². The molecule has 2 aromatic carbocycles. The Morgan fingerprint density at radius 2 is 1.92 bits per heavy atom. The monoisotopic (exact) mass is 373 g/mol. The first kappa shape index (κ1) is 19.3. The minimum Gasteiger partial charge on any atom is -0.493 e. The summed E-state index contributed by atoms with van der Waals surface area (Å²) in [6, 6.07) is 12.5. The van der Waals surface area contributed by atoms with Crippen LogP contribution >= 0.6 is 12.2 Å². The number of thiocarbonyl (C=S) groups is 1. The molecule has 2 rings (SSSR count). The summed E-state index contributed by atoms with van der Waals surface area (Å²) >= 11 is 5.14. The van der Waals surface area contributed by atoms with Crippen LogP contribution in [0.5, 0.6) is 5.75 Å². The van der Waals surface area contributed by atoms with Gasteiger partial charge in [-0.1, -0.05) is 19.9 Å². The molecular weight excluding hydrogens is 354 g/mol. The van der Waals surface area contributed by atoms with Gasteiger partial charge in [0.2, 0.25) is 0 Å². The molecule has 0 bridgehead atoms. The fourth-order valence-corrected chi connectivity index (χ4v) is 2.21. The van der Waals surface area contributed by atoms with Gasteiger partial charge in [-0.25, -0.2) is 0 Å². The molecule has 2 aromatic rings. The molecule has 0 aliphatic heterocycles. The number of hydrogen-bond donors (Lipinski definition) is 2. The normalized spacial score (nSPS) is 10.3. The molecule has 8 heteroatoms. The van der Waals surface area contributed by atoms with Gasteiger partial charge in [0.1, 0.15) is 5.75 Å². The number of amides is 1. The average molecular weight is 373 g/mol. The molecule has 0 fully saturated rings. The summed E-state index contributed by atoms with van der Waals surface area (Å²) < 4.78 is 5.64. The molecule has 7 nitrogen and oxygen atoms in total. The van der Waals surface area contributed by atoms with Crippen LogP contribution in [0.2, 0.25) is 0 Å². The van der Waals surface area contributed by atoms with Gasteiger partial charge in [-0.3, -0.25) is 20.2 Å². The second-order valence-electron chi connectivity index (χ2n) is 5.94. The minimum absolute atomic E-state index is 0.0829. The Bertz CT molecular complexity index is 806. The molecule has 26 heavy (non-hydrogen) atoms. The number of nitrogens with zero attached hydrogens (tertiary/aromatic N) is 1. The van der Waals surface area contributed by atoms with Crippen molar-refractivity contribution in [2.45, 2.75) is 13.8 Å². The summed E-state index contributed by atoms with van der Waals surface area (Å²) in [4.78, 5) is 22.3. The second-order valence-corrected chi connectivity index (χ2v) is 6.35. The van der Waals surface area contributed by atoms with Gasteiger partial charge in [-0.15, -0.1) is 0 Å². The number of non-ortho nitro benzene ring substituents is 1. The molecular formula is C18H19N3O4S. The van der Waals surface area contributed by atoms with Crippen molar-refractivity contribution in [3.63, 3.8) is 0 Å². The fraction of sp³-hybridized carbons (Fsp3) is 0.222. The Balaban J connectivity index is 1.94. The van der Waals surface area contributed by atoms with Crippen molar-refractivity contribution in [3.05, 3.63) is 64.2 Å². The smallest absolute Gasteiger partial charge is 0.269 e. The highest BCUT2D eigenvalue weighted by Crippen LogP contribution is 2.18. The van der Waals surface area contributed by atoms with Gasteiger partial charge in [0.05, 0.1) is 11.5 Å². The molecule has 0 atom stereocenters. The fourth-order valence-electron chi connectivity index (χ4n) is 2.00. The van der Waals surface area contributed by atoms with Crippen LogP contribution in [-0.4, -0.2) is 22.5 Å². The van der Waals surface area contributed by atoms with Crippen molar-refractivity contribution < 1.29 is 14.5 Å². The Labute approximate surface area is 156 Å². The van der Waals surface area contributed by atoms with Crippen LogP contribution in [-0.2, 0) is 0 Å². The molecule has 0 radical (unpaired) electrons. The molecule has 0 aliphatic carbocycles. The van der Waals surface area contributed by atoms with E-state index in [0.717, 1.165) is 0 Å². The van der Waals surface area contributed by atoms with Crippen molar-refractivity contribution in [3.8, 4) is 5.75 Å². The lowest BCUT2D eigenvalue weighted by Crippen LogP contribution is -2.34. The lowest BCUT2D eigenvalue weighted by molar-refractivity contribution is -0.384. The Hall–Kier alpha value is -3.00. The van der Waals surface area contributed by atoms with E-state index in [0.29, 0.717) is 24.0 Å². The largest absolute Gasteiger partial charge is 0.493 e. The first-order valence-electron chi connectivity index (χ1n) is 7.95. The summed E-state index contributed by atoms with van der Waals surface area (Å²) in [6.07, 6.45) is 0. The van der Waals surface area contributed by atoms with E-state index in [2.05, 4.69) is 24.5 Å². The molecule has 1 amide bonds. The number of benzene rings is 2. The number of nitro benzene ring substituents is 1. The minimum atomic E-state index is -0.526. The van der Waals surface area contributed by atoms with E-state index in [1.54, 1.807) is 12.1 Å². The van der Waals surface area contributed by atoms with Crippen molar-refractivity contribution >= 4 is 34.6 Å². The average Bonchev–Trinajstić information content (AvgIpc) is 2.60. The van der Waals surface area contributed by atoms with Gasteiger partial charge in [0.25, 0.3) is 11.6 Å². The SMILES string of the molecule is CC(C)COc1cccc(NC(=S)NC(=O)c2ccc([N+](=O)[O-])cc2)c1. The Kier molecular flexibility index (Phi) is 6.62. The Morgan fingerprint density at radius 1 is 1.23 bits per heavy atom. The first-order chi connectivity index (χ1) is 12.3. The highest BCUT2D eigenvalue weighted by Gasteiger charge is 2.11. The van der Waals surface area contributed by atoms with Crippen molar-refractivity contribution in [1.29, 1.82) is 0 Å². The van der Waals surface area contributed by atoms with Crippen LogP contribution in [0.15, 0.2) is 48.5 Å². The molecule has 0 heterocycles. The number of hydrogen-bond acceptors (Lipinski definition) is 5. The summed E-state index contributed by atoms with van der Waals surface area (Å²) in [5.41, 5.74) is 0.870. The highest BCUT2D eigenvalue weighted by molar-refractivity contribution is 7.80. The third-order valence-electron chi connectivity index (χ3n) is 3.24. The predicted molar refractivity (Wildman–Crippen MR) is 104 cm³/mol. The van der Waals surface area contributed by atoms with E-state index in [4.69, 9.17) is 17.0 Å². The van der Waals surface area contributed by atoms with Gasteiger partial charge in [-0.05, 0) is 42.4 Å². The molecule has 0 aliphatic rings. The zero-order valence-electron chi connectivity index (χ0n) is 14.4. The predicted octanol–water partition coefficient (Wildman–Crippen LogP) is 3.76. The van der Waals surface area contributed by atoms with E-state index in [9.17, 15) is 14.9 Å². The van der Waals surface area contributed by atoms with E-state index >= 15 is 0 Å². The zero-order valence-corrected chi connectivity index (χ0v) is 15.2. The van der Waals surface area contributed by atoms with Gasteiger partial charge < -0.3 is 10.1 Å². The van der Waals surface area contributed by atoms with Gasteiger partial charge >= 0.3 is 0 Å². The van der Waals surface area contributed by atoms with Crippen molar-refractivity contribution in [2.24, 2.45) is 5.92 Å². The number of carbonyl (C=O) groups excluding carboxylic acids is 1. The molecule has 0 saturated heterocycles. The number of rotatable bonds is 6. The van der Waals surface area contributed by atoms with Crippen molar-refractivity contribution in [1.82, 2.24) is 5.32 Å². The maximum atomic E-state index is 12.1. The third kappa shape index (κ3) is 5.82. The summed E-state index contributed by atoms with van der Waals surface area (Å²) in [5, 5.41) is 16.2. The number of nitro groups is 1. The molecule has 2 N–H and O–H groups in total. The summed E-state index contributed by atoms with van der Waals surface area (Å²) in [6.45, 7) is 4.72. The zero-order chi connectivity index (χ0) is 19.1. The second kappa shape index (κ2) is 8.91.